The predicted molar refractivity (Wildman–Crippen MR) is 109 cm³/mol. The summed E-state index contributed by atoms with van der Waals surface area (Å²) in [4.78, 5) is 40.6. The number of aromatic amines is 1. The van der Waals surface area contributed by atoms with Crippen molar-refractivity contribution in [3.8, 4) is 0 Å². The third kappa shape index (κ3) is 3.65. The van der Waals surface area contributed by atoms with Crippen LogP contribution in [0.5, 0.6) is 0 Å². The van der Waals surface area contributed by atoms with Crippen molar-refractivity contribution in [1.29, 1.82) is 0 Å². The Morgan fingerprint density at radius 3 is 2.34 bits per heavy atom. The molecule has 0 unspecified atom stereocenters. The minimum absolute atomic E-state index is 0.242. The molecule has 0 amide bonds. The molecule has 148 valence electrons. The zero-order valence-corrected chi connectivity index (χ0v) is 16.9. The molecule has 0 fully saturated rings. The summed E-state index contributed by atoms with van der Waals surface area (Å²) in [5, 5.41) is 9.27. The predicted octanol–water partition coefficient (Wildman–Crippen LogP) is 4.07. The molecule has 0 spiro atoms. The van der Waals surface area contributed by atoms with Gasteiger partial charge in [-0.05, 0) is 36.8 Å². The summed E-state index contributed by atoms with van der Waals surface area (Å²) in [6, 6.07) is 12.6. The van der Waals surface area contributed by atoms with Crippen molar-refractivity contribution < 1.29 is 19.1 Å². The van der Waals surface area contributed by atoms with Crippen molar-refractivity contribution in [1.82, 2.24) is 4.98 Å². The number of ketones is 1. The second-order valence-corrected chi connectivity index (χ2v) is 9.04. The van der Waals surface area contributed by atoms with E-state index in [0.29, 0.717) is 9.90 Å². The van der Waals surface area contributed by atoms with E-state index in [0.717, 1.165) is 34.2 Å². The van der Waals surface area contributed by atoms with Gasteiger partial charge in [-0.3, -0.25) is 14.4 Å². The Kier molecular flexibility index (Phi) is 5.14. The Morgan fingerprint density at radius 1 is 1.07 bits per heavy atom. The fourth-order valence-electron chi connectivity index (χ4n) is 3.59. The number of halogens is 1. The maximum absolute atomic E-state index is 13.4. The van der Waals surface area contributed by atoms with E-state index in [4.69, 9.17) is 0 Å². The summed E-state index contributed by atoms with van der Waals surface area (Å²) < 4.78 is 13.3. The van der Waals surface area contributed by atoms with Crippen LogP contribution in [0, 0.1) is 18.7 Å². The number of Topliss-reactive ketones (excluding diaryl/α,β-unsaturated/α-hetero) is 1. The van der Waals surface area contributed by atoms with Crippen molar-refractivity contribution >= 4 is 34.9 Å². The number of nitrogens with one attached hydrogen (secondary N) is 1. The highest BCUT2D eigenvalue weighted by molar-refractivity contribution is 8.00. The lowest BCUT2D eigenvalue weighted by atomic mass is 9.77. The number of carboxylic acids is 1. The Labute approximate surface area is 173 Å². The number of carboxylic acid groups (broad SMARTS) is 1. The van der Waals surface area contributed by atoms with Crippen LogP contribution in [-0.4, -0.2) is 27.1 Å². The second kappa shape index (κ2) is 7.61. The van der Waals surface area contributed by atoms with Crippen LogP contribution >= 0.6 is 23.1 Å². The summed E-state index contributed by atoms with van der Waals surface area (Å²) in [5.41, 5.74) is 2.03. The van der Waals surface area contributed by atoms with Crippen molar-refractivity contribution in [2.75, 3.05) is 0 Å². The smallest absolute Gasteiger partial charge is 0.317 e. The Balaban J connectivity index is 1.90. The van der Waals surface area contributed by atoms with E-state index in [1.165, 1.54) is 24.3 Å². The van der Waals surface area contributed by atoms with Gasteiger partial charge >= 0.3 is 10.8 Å². The van der Waals surface area contributed by atoms with Crippen molar-refractivity contribution in [2.45, 2.75) is 23.1 Å². The Bertz CT molecular complexity index is 1130. The summed E-state index contributed by atoms with van der Waals surface area (Å²) >= 11 is 1.97. The standard InChI is InChI=1S/C21H16FNO4S2/c1-10-2-4-11(5-3-10)14-15(16(24)12-6-8-13(22)9-7-12)18(20(25)26)28-19-17(14)29-21(27)23-19/h2-9,14-15,18H,1H3,(H,23,27)(H,25,26)/t14-,15+,18+/m1/s1. The van der Waals surface area contributed by atoms with E-state index >= 15 is 0 Å². The molecule has 4 rings (SSSR count). The van der Waals surface area contributed by atoms with Gasteiger partial charge in [-0.2, -0.15) is 0 Å². The SMILES string of the molecule is Cc1ccc([C@H]2c3sc(=O)[nH]c3S[C@H](C(=O)O)[C@@H]2C(=O)c2ccc(F)cc2)cc1. The number of hydrogen-bond donors (Lipinski definition) is 2. The maximum Gasteiger partial charge on any atom is 0.317 e. The molecular formula is C21H16FNO4S2. The Hall–Kier alpha value is -2.71. The van der Waals surface area contributed by atoms with Crippen molar-refractivity contribution in [2.24, 2.45) is 5.92 Å². The van der Waals surface area contributed by atoms with E-state index < -0.39 is 28.9 Å². The van der Waals surface area contributed by atoms with Crippen molar-refractivity contribution in [3.63, 3.8) is 0 Å². The molecule has 5 nitrogen and oxygen atoms in total. The third-order valence-electron chi connectivity index (χ3n) is 4.97. The van der Waals surface area contributed by atoms with Gasteiger partial charge in [0.05, 0.1) is 10.9 Å². The molecule has 8 heteroatoms. The quantitative estimate of drug-likeness (QED) is 0.611. The molecule has 2 aromatic carbocycles. The van der Waals surface area contributed by atoms with Gasteiger partial charge in [-0.1, -0.05) is 52.9 Å². The molecule has 3 atom stereocenters. The van der Waals surface area contributed by atoms with Crippen LogP contribution in [0.3, 0.4) is 0 Å². The van der Waals surface area contributed by atoms with Gasteiger partial charge in [0.25, 0.3) is 0 Å². The molecule has 3 aromatic rings. The molecule has 0 saturated carbocycles. The number of fused-ring (bicyclic) bond motifs is 1. The van der Waals surface area contributed by atoms with E-state index in [1.807, 2.05) is 31.2 Å². The first-order chi connectivity index (χ1) is 13.8. The monoisotopic (exact) mass is 429 g/mol. The summed E-state index contributed by atoms with van der Waals surface area (Å²) in [6.45, 7) is 1.93. The number of thioether (sulfide) groups is 1. The van der Waals surface area contributed by atoms with Crippen LogP contribution in [0.4, 0.5) is 4.39 Å². The molecule has 0 saturated heterocycles. The minimum atomic E-state index is -1.13. The number of carbonyl (C=O) groups is 2. The molecular weight excluding hydrogens is 413 g/mol. The van der Waals surface area contributed by atoms with Gasteiger partial charge in [0.15, 0.2) is 5.78 Å². The lowest BCUT2D eigenvalue weighted by Crippen LogP contribution is -2.39. The van der Waals surface area contributed by atoms with Crippen LogP contribution in [0.15, 0.2) is 58.4 Å². The number of aliphatic carboxylic acids is 1. The lowest BCUT2D eigenvalue weighted by molar-refractivity contribution is -0.137. The van der Waals surface area contributed by atoms with Gasteiger partial charge in [-0.15, -0.1) is 0 Å². The third-order valence-corrected chi connectivity index (χ3v) is 7.37. The van der Waals surface area contributed by atoms with Crippen LogP contribution in [0.2, 0.25) is 0 Å². The molecule has 1 aliphatic heterocycles. The zero-order valence-electron chi connectivity index (χ0n) is 15.2. The van der Waals surface area contributed by atoms with Crippen LogP contribution < -0.4 is 4.87 Å². The number of aromatic nitrogens is 1. The summed E-state index contributed by atoms with van der Waals surface area (Å²) in [5.74, 6) is -3.53. The van der Waals surface area contributed by atoms with Crippen molar-refractivity contribution in [3.05, 3.63) is 85.6 Å². The van der Waals surface area contributed by atoms with Crippen LogP contribution in [0.1, 0.15) is 32.3 Å². The van der Waals surface area contributed by atoms with Crippen LogP contribution in [0.25, 0.3) is 0 Å². The lowest BCUT2D eigenvalue weighted by Gasteiger charge is -2.34. The van der Waals surface area contributed by atoms with E-state index in [2.05, 4.69) is 4.98 Å². The number of aryl methyl sites for hydroxylation is 1. The van der Waals surface area contributed by atoms with E-state index in [-0.39, 0.29) is 16.2 Å². The first kappa shape index (κ1) is 19.6. The molecule has 0 radical (unpaired) electrons. The first-order valence-electron chi connectivity index (χ1n) is 8.84. The maximum atomic E-state index is 13.4. The molecule has 29 heavy (non-hydrogen) atoms. The number of rotatable bonds is 4. The first-order valence-corrected chi connectivity index (χ1v) is 10.5. The largest absolute Gasteiger partial charge is 0.480 e. The van der Waals surface area contributed by atoms with Gasteiger partial charge < -0.3 is 10.1 Å². The summed E-state index contributed by atoms with van der Waals surface area (Å²) in [6.07, 6.45) is 0. The van der Waals surface area contributed by atoms with Gasteiger partial charge in [0.2, 0.25) is 0 Å². The molecule has 1 aliphatic rings. The molecule has 2 heterocycles. The Morgan fingerprint density at radius 2 is 1.72 bits per heavy atom. The number of thiazole rings is 1. The number of hydrogen-bond acceptors (Lipinski definition) is 5. The minimum Gasteiger partial charge on any atom is -0.480 e. The van der Waals surface area contributed by atoms with E-state index in [1.54, 1.807) is 0 Å². The fraction of sp³-hybridized carbons (Fsp3) is 0.190. The fourth-order valence-corrected chi connectivity index (χ4v) is 6.01. The molecule has 0 aliphatic carbocycles. The average Bonchev–Trinajstić information content (AvgIpc) is 3.07. The second-order valence-electron chi connectivity index (χ2n) is 6.87. The molecule has 1 aromatic heterocycles. The average molecular weight is 429 g/mol. The highest BCUT2D eigenvalue weighted by Crippen LogP contribution is 2.50. The van der Waals surface area contributed by atoms with E-state index in [9.17, 15) is 23.9 Å². The highest BCUT2D eigenvalue weighted by Gasteiger charge is 2.47. The van der Waals surface area contributed by atoms with Gasteiger partial charge in [0.1, 0.15) is 11.1 Å². The van der Waals surface area contributed by atoms with Gasteiger partial charge in [-0.25, -0.2) is 4.39 Å². The molecule has 2 N–H and O–H groups in total. The van der Waals surface area contributed by atoms with Gasteiger partial charge in [0, 0.05) is 16.4 Å². The number of carbonyl (C=O) groups excluding carboxylic acids is 1. The molecule has 0 bridgehead atoms. The normalized spacial score (nSPS) is 20.8. The van der Waals surface area contributed by atoms with Crippen LogP contribution in [-0.2, 0) is 4.79 Å². The zero-order chi connectivity index (χ0) is 20.7. The highest BCUT2D eigenvalue weighted by atomic mass is 32.2. The summed E-state index contributed by atoms with van der Waals surface area (Å²) in [7, 11) is 0. The topological polar surface area (TPSA) is 87.2 Å². The number of H-pyrrole nitrogens is 1. The number of benzene rings is 2.